The van der Waals surface area contributed by atoms with Crippen LogP contribution in [-0.4, -0.2) is 31.6 Å². The van der Waals surface area contributed by atoms with E-state index in [1.54, 1.807) is 45.2 Å². The van der Waals surface area contributed by atoms with Gasteiger partial charge in [-0.2, -0.15) is 0 Å². The molecular formula is C14H18N4O4S2. The quantitative estimate of drug-likeness (QED) is 0.721. The van der Waals surface area contributed by atoms with Crippen molar-refractivity contribution in [1.29, 1.82) is 0 Å². The zero-order valence-electron chi connectivity index (χ0n) is 13.4. The Morgan fingerprint density at radius 2 is 1.96 bits per heavy atom. The minimum absolute atomic E-state index is 0.152. The van der Waals surface area contributed by atoms with Crippen LogP contribution in [0.2, 0.25) is 0 Å². The number of carbonyl (C=O) groups excluding carboxylic acids is 1. The van der Waals surface area contributed by atoms with Crippen LogP contribution in [0.5, 0.6) is 5.75 Å². The van der Waals surface area contributed by atoms with Gasteiger partial charge in [-0.25, -0.2) is 13.1 Å². The molecule has 0 aliphatic carbocycles. The molecule has 10 heteroatoms. The monoisotopic (exact) mass is 370 g/mol. The Hall–Kier alpha value is -2.04. The minimum Gasteiger partial charge on any atom is -0.497 e. The van der Waals surface area contributed by atoms with Gasteiger partial charge in [-0.15, -0.1) is 10.2 Å². The van der Waals surface area contributed by atoms with Gasteiger partial charge in [-0.1, -0.05) is 30.4 Å². The first kappa shape index (κ1) is 18.3. The molecule has 0 aliphatic heterocycles. The van der Waals surface area contributed by atoms with E-state index in [4.69, 9.17) is 4.74 Å². The molecule has 8 nitrogen and oxygen atoms in total. The molecule has 2 rings (SSSR count). The van der Waals surface area contributed by atoms with E-state index in [0.29, 0.717) is 5.75 Å². The molecule has 0 saturated heterocycles. The maximum atomic E-state index is 12.4. The van der Waals surface area contributed by atoms with Gasteiger partial charge in [-0.05, 0) is 24.6 Å². The van der Waals surface area contributed by atoms with Crippen molar-refractivity contribution in [3.05, 3.63) is 29.8 Å². The normalized spacial score (nSPS) is 12.6. The van der Waals surface area contributed by atoms with E-state index in [-0.39, 0.29) is 21.8 Å². The number of nitrogens with zero attached hydrogens (tertiary/aromatic N) is 2. The van der Waals surface area contributed by atoms with Crippen molar-refractivity contribution >= 4 is 32.4 Å². The number of rotatable bonds is 7. The van der Waals surface area contributed by atoms with Gasteiger partial charge in [0.05, 0.1) is 7.11 Å². The molecule has 130 valence electrons. The molecule has 0 bridgehead atoms. The summed E-state index contributed by atoms with van der Waals surface area (Å²) in [7, 11) is -2.27. The molecule has 0 aliphatic rings. The number of hydrogen-bond acceptors (Lipinski definition) is 7. The summed E-state index contributed by atoms with van der Waals surface area (Å²) in [5.74, 6) is 0.434. The molecule has 24 heavy (non-hydrogen) atoms. The topological polar surface area (TPSA) is 110 Å². The highest BCUT2D eigenvalue weighted by atomic mass is 32.2. The lowest BCUT2D eigenvalue weighted by atomic mass is 10.1. The summed E-state index contributed by atoms with van der Waals surface area (Å²) in [6, 6.07) is 6.60. The van der Waals surface area contributed by atoms with Gasteiger partial charge in [0.15, 0.2) is 0 Å². The van der Waals surface area contributed by atoms with E-state index in [1.165, 1.54) is 0 Å². The average molecular weight is 370 g/mol. The second-order valence-corrected chi connectivity index (χ2v) is 7.76. The summed E-state index contributed by atoms with van der Waals surface area (Å²) >= 11 is 0.802. The third-order valence-corrected chi connectivity index (χ3v) is 5.90. The van der Waals surface area contributed by atoms with Gasteiger partial charge in [0.25, 0.3) is 10.0 Å². The van der Waals surface area contributed by atoms with Crippen LogP contribution in [0, 0.1) is 0 Å². The lowest BCUT2D eigenvalue weighted by Crippen LogP contribution is -2.26. The second-order valence-electron chi connectivity index (χ2n) is 4.89. The van der Waals surface area contributed by atoms with Gasteiger partial charge in [-0.3, -0.25) is 4.79 Å². The fourth-order valence-electron chi connectivity index (χ4n) is 1.82. The molecule has 0 unspecified atom stereocenters. The Morgan fingerprint density at radius 1 is 1.29 bits per heavy atom. The number of anilines is 1. The molecule has 1 aromatic heterocycles. The molecule has 1 heterocycles. The summed E-state index contributed by atoms with van der Waals surface area (Å²) < 4.78 is 32.1. The Balaban J connectivity index is 2.10. The molecule has 1 amide bonds. The highest BCUT2D eigenvalue weighted by Crippen LogP contribution is 2.23. The Kier molecular flexibility index (Phi) is 5.86. The zero-order chi connectivity index (χ0) is 17.7. The van der Waals surface area contributed by atoms with Crippen molar-refractivity contribution in [2.75, 3.05) is 12.4 Å². The van der Waals surface area contributed by atoms with E-state index in [9.17, 15) is 13.2 Å². The summed E-state index contributed by atoms with van der Waals surface area (Å²) in [5, 5.41) is 9.94. The van der Waals surface area contributed by atoms with Crippen LogP contribution >= 0.6 is 11.3 Å². The predicted molar refractivity (Wildman–Crippen MR) is 90.6 cm³/mol. The highest BCUT2D eigenvalue weighted by Gasteiger charge is 2.23. The lowest BCUT2D eigenvalue weighted by Gasteiger charge is -2.13. The molecule has 1 atom stereocenters. The summed E-state index contributed by atoms with van der Waals surface area (Å²) in [5.41, 5.74) is 0.781. The number of carbonyl (C=O) groups is 1. The average Bonchev–Trinajstić information content (AvgIpc) is 3.03. The van der Waals surface area contributed by atoms with E-state index < -0.39 is 16.1 Å². The summed E-state index contributed by atoms with van der Waals surface area (Å²) in [6.07, 6.45) is 0.272. The number of amides is 1. The van der Waals surface area contributed by atoms with Crippen molar-refractivity contribution in [3.8, 4) is 5.75 Å². The van der Waals surface area contributed by atoms with E-state index in [0.717, 1.165) is 16.9 Å². The standard InChI is InChI=1S/C14H18N4O4S2/c1-4-12(19)15-13-16-17-14(23-13)24(20,21)18-9(2)10-5-7-11(22-3)8-6-10/h5-9,18H,4H2,1-3H3,(H,15,16,19)/t9-/m1/s1. The molecule has 0 saturated carbocycles. The van der Waals surface area contributed by atoms with Crippen LogP contribution in [0.3, 0.4) is 0 Å². The van der Waals surface area contributed by atoms with Crippen molar-refractivity contribution in [2.45, 2.75) is 30.6 Å². The third-order valence-electron chi connectivity index (χ3n) is 3.15. The molecule has 0 radical (unpaired) electrons. The summed E-state index contributed by atoms with van der Waals surface area (Å²) in [4.78, 5) is 11.3. The van der Waals surface area contributed by atoms with Gasteiger partial charge in [0.1, 0.15) is 5.75 Å². The zero-order valence-corrected chi connectivity index (χ0v) is 15.1. The number of hydrogen-bond donors (Lipinski definition) is 2. The SMILES string of the molecule is CCC(=O)Nc1nnc(S(=O)(=O)N[C@H](C)c2ccc(OC)cc2)s1. The van der Waals surface area contributed by atoms with Crippen LogP contribution in [0.4, 0.5) is 5.13 Å². The van der Waals surface area contributed by atoms with E-state index in [2.05, 4.69) is 20.2 Å². The van der Waals surface area contributed by atoms with Crippen LogP contribution in [-0.2, 0) is 14.8 Å². The highest BCUT2D eigenvalue weighted by molar-refractivity contribution is 7.91. The first-order valence-electron chi connectivity index (χ1n) is 7.15. The van der Waals surface area contributed by atoms with Crippen molar-refractivity contribution < 1.29 is 17.9 Å². The Labute approximate surface area is 144 Å². The second kappa shape index (κ2) is 7.69. The largest absolute Gasteiger partial charge is 0.497 e. The maximum absolute atomic E-state index is 12.4. The van der Waals surface area contributed by atoms with Gasteiger partial charge in [0.2, 0.25) is 15.4 Å². The van der Waals surface area contributed by atoms with Crippen LogP contribution in [0.25, 0.3) is 0 Å². The van der Waals surface area contributed by atoms with Crippen LogP contribution in [0.15, 0.2) is 28.6 Å². The minimum atomic E-state index is -3.83. The number of methoxy groups -OCH3 is 1. The van der Waals surface area contributed by atoms with Crippen molar-refractivity contribution in [1.82, 2.24) is 14.9 Å². The summed E-state index contributed by atoms with van der Waals surface area (Å²) in [6.45, 7) is 3.41. The smallest absolute Gasteiger partial charge is 0.270 e. The Bertz CT molecular complexity index is 802. The first-order valence-corrected chi connectivity index (χ1v) is 9.45. The number of nitrogens with one attached hydrogen (secondary N) is 2. The van der Waals surface area contributed by atoms with E-state index >= 15 is 0 Å². The van der Waals surface area contributed by atoms with E-state index in [1.807, 2.05) is 0 Å². The molecule has 1 aromatic carbocycles. The Morgan fingerprint density at radius 3 is 2.54 bits per heavy atom. The molecule has 2 aromatic rings. The van der Waals surface area contributed by atoms with Crippen molar-refractivity contribution in [2.24, 2.45) is 0 Å². The fourth-order valence-corrected chi connectivity index (χ4v) is 3.98. The molecular weight excluding hydrogens is 352 g/mol. The van der Waals surface area contributed by atoms with Crippen LogP contribution in [0.1, 0.15) is 31.9 Å². The van der Waals surface area contributed by atoms with Gasteiger partial charge >= 0.3 is 0 Å². The first-order chi connectivity index (χ1) is 11.4. The lowest BCUT2D eigenvalue weighted by molar-refractivity contribution is -0.115. The number of sulfonamides is 1. The fraction of sp³-hybridized carbons (Fsp3) is 0.357. The van der Waals surface area contributed by atoms with Gasteiger partial charge < -0.3 is 10.1 Å². The predicted octanol–water partition coefficient (Wildman–Crippen LogP) is 1.93. The number of aromatic nitrogens is 2. The number of benzene rings is 1. The maximum Gasteiger partial charge on any atom is 0.270 e. The molecule has 2 N–H and O–H groups in total. The van der Waals surface area contributed by atoms with Crippen LogP contribution < -0.4 is 14.8 Å². The van der Waals surface area contributed by atoms with Crippen molar-refractivity contribution in [3.63, 3.8) is 0 Å². The number of ether oxygens (including phenoxy) is 1. The molecule has 0 fully saturated rings. The van der Waals surface area contributed by atoms with Gasteiger partial charge in [0, 0.05) is 12.5 Å². The third kappa shape index (κ3) is 4.49. The molecule has 0 spiro atoms.